The Morgan fingerprint density at radius 3 is 2.89 bits per heavy atom. The summed E-state index contributed by atoms with van der Waals surface area (Å²) in [4.78, 5) is 17.8. The van der Waals surface area contributed by atoms with Gasteiger partial charge in [0.2, 0.25) is 11.9 Å². The molecule has 1 heterocycles. The van der Waals surface area contributed by atoms with Crippen LogP contribution in [0.5, 0.6) is 0 Å². The van der Waals surface area contributed by atoms with Crippen LogP contribution in [0.15, 0.2) is 6.33 Å². The first-order valence-electron chi connectivity index (χ1n) is 6.26. The molecule has 1 aromatic heterocycles. The molecule has 2 rings (SSSR count). The standard InChI is InChI=1S/C11H19N5O2/c12-11-13-8-15(14-11)7-10(18)16(5-2-6-17)9-3-1-4-9/h8-9,17H,1-7H2,(H2,12,14). The maximum Gasteiger partial charge on any atom is 0.244 e. The van der Waals surface area contributed by atoms with Gasteiger partial charge in [0.1, 0.15) is 12.9 Å². The molecule has 0 aromatic carbocycles. The molecular formula is C11H19N5O2. The number of hydrogen-bond acceptors (Lipinski definition) is 5. The lowest BCUT2D eigenvalue weighted by molar-refractivity contribution is -0.136. The molecular weight excluding hydrogens is 234 g/mol. The van der Waals surface area contributed by atoms with E-state index in [0.717, 1.165) is 12.8 Å². The molecule has 0 saturated heterocycles. The molecule has 0 atom stereocenters. The maximum atomic E-state index is 12.2. The molecule has 7 nitrogen and oxygen atoms in total. The Kier molecular flexibility index (Phi) is 4.14. The number of carbonyl (C=O) groups is 1. The highest BCUT2D eigenvalue weighted by Crippen LogP contribution is 2.25. The molecule has 0 radical (unpaired) electrons. The summed E-state index contributed by atoms with van der Waals surface area (Å²) in [5.41, 5.74) is 5.41. The van der Waals surface area contributed by atoms with Gasteiger partial charge in [0.25, 0.3) is 0 Å². The van der Waals surface area contributed by atoms with Gasteiger partial charge < -0.3 is 15.7 Å². The second kappa shape index (κ2) is 5.81. The molecule has 1 amide bonds. The van der Waals surface area contributed by atoms with Crippen LogP contribution < -0.4 is 5.73 Å². The summed E-state index contributed by atoms with van der Waals surface area (Å²) < 4.78 is 1.45. The van der Waals surface area contributed by atoms with Gasteiger partial charge in [-0.15, -0.1) is 5.10 Å². The molecule has 18 heavy (non-hydrogen) atoms. The van der Waals surface area contributed by atoms with E-state index in [4.69, 9.17) is 10.8 Å². The molecule has 3 N–H and O–H groups in total. The van der Waals surface area contributed by atoms with Gasteiger partial charge >= 0.3 is 0 Å². The molecule has 1 saturated carbocycles. The Morgan fingerprint density at radius 1 is 1.61 bits per heavy atom. The number of anilines is 1. The SMILES string of the molecule is Nc1ncn(CC(=O)N(CCCO)C2CCC2)n1. The van der Waals surface area contributed by atoms with E-state index in [1.165, 1.54) is 17.4 Å². The van der Waals surface area contributed by atoms with E-state index < -0.39 is 0 Å². The van der Waals surface area contributed by atoms with Crippen LogP contribution in [-0.2, 0) is 11.3 Å². The topological polar surface area (TPSA) is 97.3 Å². The number of aliphatic hydroxyl groups is 1. The highest BCUT2D eigenvalue weighted by molar-refractivity contribution is 5.76. The minimum atomic E-state index is 0.0121. The van der Waals surface area contributed by atoms with Crippen molar-refractivity contribution in [1.29, 1.82) is 0 Å². The molecule has 1 aromatic rings. The minimum absolute atomic E-state index is 0.0121. The van der Waals surface area contributed by atoms with E-state index in [-0.39, 0.29) is 25.0 Å². The Labute approximate surface area is 106 Å². The maximum absolute atomic E-state index is 12.2. The zero-order chi connectivity index (χ0) is 13.0. The van der Waals surface area contributed by atoms with Crippen molar-refractivity contribution in [3.05, 3.63) is 6.33 Å². The summed E-state index contributed by atoms with van der Waals surface area (Å²) >= 11 is 0. The van der Waals surface area contributed by atoms with E-state index >= 15 is 0 Å². The zero-order valence-corrected chi connectivity index (χ0v) is 10.3. The fourth-order valence-electron chi connectivity index (χ4n) is 2.06. The van der Waals surface area contributed by atoms with Crippen LogP contribution in [0.1, 0.15) is 25.7 Å². The van der Waals surface area contributed by atoms with Crippen LogP contribution in [-0.4, -0.2) is 49.9 Å². The first-order chi connectivity index (χ1) is 8.70. The third kappa shape index (κ3) is 2.98. The molecule has 0 spiro atoms. The van der Waals surface area contributed by atoms with Crippen molar-refractivity contribution in [2.45, 2.75) is 38.3 Å². The lowest BCUT2D eigenvalue weighted by Gasteiger charge is -2.37. The third-order valence-electron chi connectivity index (χ3n) is 3.24. The fraction of sp³-hybridized carbons (Fsp3) is 0.727. The fourth-order valence-corrected chi connectivity index (χ4v) is 2.06. The average molecular weight is 253 g/mol. The van der Waals surface area contributed by atoms with E-state index in [1.807, 2.05) is 4.90 Å². The van der Waals surface area contributed by atoms with Crippen LogP contribution in [0.4, 0.5) is 5.95 Å². The number of nitrogens with two attached hydrogens (primary N) is 1. The molecule has 1 aliphatic carbocycles. The van der Waals surface area contributed by atoms with Gasteiger partial charge in [-0.3, -0.25) is 4.79 Å². The highest BCUT2D eigenvalue weighted by atomic mass is 16.3. The molecule has 1 aliphatic rings. The normalized spacial score (nSPS) is 15.4. The Hall–Kier alpha value is -1.63. The second-order valence-corrected chi connectivity index (χ2v) is 4.55. The molecule has 100 valence electrons. The number of nitrogens with zero attached hydrogens (tertiary/aromatic N) is 4. The van der Waals surface area contributed by atoms with Crippen molar-refractivity contribution in [3.63, 3.8) is 0 Å². The Balaban J connectivity index is 1.94. The van der Waals surface area contributed by atoms with Gasteiger partial charge in [-0.2, -0.15) is 0 Å². The predicted octanol–water partition coefficient (Wildman–Crippen LogP) is -0.376. The molecule has 0 aliphatic heterocycles. The van der Waals surface area contributed by atoms with Gasteiger partial charge in [-0.1, -0.05) is 0 Å². The summed E-state index contributed by atoms with van der Waals surface area (Å²) in [7, 11) is 0. The van der Waals surface area contributed by atoms with E-state index in [0.29, 0.717) is 19.0 Å². The summed E-state index contributed by atoms with van der Waals surface area (Å²) in [5.74, 6) is 0.186. The summed E-state index contributed by atoms with van der Waals surface area (Å²) in [6.45, 7) is 0.864. The molecule has 7 heteroatoms. The van der Waals surface area contributed by atoms with Crippen molar-refractivity contribution >= 4 is 11.9 Å². The van der Waals surface area contributed by atoms with Crippen LogP contribution >= 0.6 is 0 Å². The first-order valence-corrected chi connectivity index (χ1v) is 6.26. The number of carbonyl (C=O) groups excluding carboxylic acids is 1. The van der Waals surface area contributed by atoms with Crippen molar-refractivity contribution in [2.24, 2.45) is 0 Å². The van der Waals surface area contributed by atoms with Crippen molar-refractivity contribution in [1.82, 2.24) is 19.7 Å². The molecule has 0 bridgehead atoms. The third-order valence-corrected chi connectivity index (χ3v) is 3.24. The smallest absolute Gasteiger partial charge is 0.244 e. The van der Waals surface area contributed by atoms with Gasteiger partial charge in [0.05, 0.1) is 0 Å². The number of aliphatic hydroxyl groups excluding tert-OH is 1. The van der Waals surface area contributed by atoms with Crippen LogP contribution in [0.25, 0.3) is 0 Å². The van der Waals surface area contributed by atoms with Gasteiger partial charge in [-0.05, 0) is 25.7 Å². The number of aromatic nitrogens is 3. The summed E-state index contributed by atoms with van der Waals surface area (Å²) in [5, 5.41) is 12.8. The zero-order valence-electron chi connectivity index (χ0n) is 10.3. The summed E-state index contributed by atoms with van der Waals surface area (Å²) in [6, 6.07) is 0.324. The number of nitrogen functional groups attached to an aromatic ring is 1. The van der Waals surface area contributed by atoms with Gasteiger partial charge in [-0.25, -0.2) is 9.67 Å². The number of rotatable bonds is 6. The average Bonchev–Trinajstić information content (AvgIpc) is 2.67. The van der Waals surface area contributed by atoms with Crippen molar-refractivity contribution < 1.29 is 9.90 Å². The number of amides is 1. The largest absolute Gasteiger partial charge is 0.396 e. The lowest BCUT2D eigenvalue weighted by atomic mass is 9.91. The van der Waals surface area contributed by atoms with Gasteiger partial charge in [0, 0.05) is 19.2 Å². The Bertz CT molecular complexity index is 402. The molecule has 0 unspecified atom stereocenters. The second-order valence-electron chi connectivity index (χ2n) is 4.55. The van der Waals surface area contributed by atoms with Crippen molar-refractivity contribution in [3.8, 4) is 0 Å². The summed E-state index contributed by atoms with van der Waals surface area (Å²) in [6.07, 6.45) is 5.34. The van der Waals surface area contributed by atoms with Crippen LogP contribution in [0.3, 0.4) is 0 Å². The van der Waals surface area contributed by atoms with E-state index in [1.54, 1.807) is 0 Å². The van der Waals surface area contributed by atoms with Crippen LogP contribution in [0, 0.1) is 0 Å². The monoisotopic (exact) mass is 253 g/mol. The quantitative estimate of drug-likeness (QED) is 0.720. The molecule has 1 fully saturated rings. The Morgan fingerprint density at radius 2 is 2.39 bits per heavy atom. The first kappa shape index (κ1) is 12.8. The van der Waals surface area contributed by atoms with E-state index in [9.17, 15) is 4.79 Å². The minimum Gasteiger partial charge on any atom is -0.396 e. The van der Waals surface area contributed by atoms with Crippen LogP contribution in [0.2, 0.25) is 0 Å². The van der Waals surface area contributed by atoms with E-state index in [2.05, 4.69) is 10.1 Å². The van der Waals surface area contributed by atoms with Gasteiger partial charge in [0.15, 0.2) is 0 Å². The predicted molar refractivity (Wildman–Crippen MR) is 65.5 cm³/mol. The highest BCUT2D eigenvalue weighted by Gasteiger charge is 2.28. The number of hydrogen-bond donors (Lipinski definition) is 2. The van der Waals surface area contributed by atoms with Crippen molar-refractivity contribution in [2.75, 3.05) is 18.9 Å². The lowest BCUT2D eigenvalue weighted by Crippen LogP contribution is -2.46.